The standard InChI is InChI=1S/C18H18BrNO/c1-12(15-6-5-13-3-2-4-16(13)11-15)20-18(21)14-7-9-17(19)10-8-14/h5-12H,2-4H2,1H3,(H,20,21)/t12-/m0/s1. The minimum absolute atomic E-state index is 0.0204. The van der Waals surface area contributed by atoms with Crippen molar-refractivity contribution in [3.63, 3.8) is 0 Å². The van der Waals surface area contributed by atoms with Gasteiger partial charge in [0.15, 0.2) is 0 Å². The van der Waals surface area contributed by atoms with Crippen LogP contribution in [0.5, 0.6) is 0 Å². The molecule has 0 spiro atoms. The Kier molecular flexibility index (Phi) is 4.11. The molecule has 0 heterocycles. The molecule has 0 fully saturated rings. The van der Waals surface area contributed by atoms with Crippen molar-refractivity contribution in [3.05, 3.63) is 69.2 Å². The second-order valence-electron chi connectivity index (χ2n) is 5.58. The number of rotatable bonds is 3. The summed E-state index contributed by atoms with van der Waals surface area (Å²) in [4.78, 5) is 12.2. The first-order valence-corrected chi connectivity index (χ1v) is 8.11. The van der Waals surface area contributed by atoms with E-state index >= 15 is 0 Å². The van der Waals surface area contributed by atoms with Crippen LogP contribution in [0.25, 0.3) is 0 Å². The molecule has 1 amide bonds. The Morgan fingerprint density at radius 3 is 2.57 bits per heavy atom. The van der Waals surface area contributed by atoms with E-state index in [9.17, 15) is 4.79 Å². The van der Waals surface area contributed by atoms with E-state index in [4.69, 9.17) is 0 Å². The monoisotopic (exact) mass is 343 g/mol. The number of carbonyl (C=O) groups excluding carboxylic acids is 1. The Bertz CT molecular complexity index is 663. The highest BCUT2D eigenvalue weighted by Gasteiger charge is 2.15. The first kappa shape index (κ1) is 14.3. The molecule has 1 atom stereocenters. The van der Waals surface area contributed by atoms with Gasteiger partial charge in [-0.05, 0) is 67.1 Å². The van der Waals surface area contributed by atoms with Crippen LogP contribution in [0.15, 0.2) is 46.9 Å². The van der Waals surface area contributed by atoms with Crippen LogP contribution in [0.3, 0.4) is 0 Å². The number of aryl methyl sites for hydroxylation is 2. The summed E-state index contributed by atoms with van der Waals surface area (Å²) in [6.45, 7) is 2.04. The summed E-state index contributed by atoms with van der Waals surface area (Å²) in [5.41, 5.74) is 4.77. The number of halogens is 1. The zero-order valence-corrected chi connectivity index (χ0v) is 13.6. The summed E-state index contributed by atoms with van der Waals surface area (Å²) >= 11 is 3.38. The molecule has 1 aliphatic carbocycles. The Hall–Kier alpha value is -1.61. The molecular weight excluding hydrogens is 326 g/mol. The van der Waals surface area contributed by atoms with Crippen molar-refractivity contribution in [1.82, 2.24) is 5.32 Å². The van der Waals surface area contributed by atoms with Gasteiger partial charge in [-0.25, -0.2) is 0 Å². The normalized spacial score (nSPS) is 14.6. The maximum atomic E-state index is 12.2. The molecule has 21 heavy (non-hydrogen) atoms. The SMILES string of the molecule is C[C@H](NC(=O)c1ccc(Br)cc1)c1ccc2c(c1)CCC2. The van der Waals surface area contributed by atoms with E-state index in [1.807, 2.05) is 31.2 Å². The van der Waals surface area contributed by atoms with Crippen LogP contribution < -0.4 is 5.32 Å². The van der Waals surface area contributed by atoms with Crippen molar-refractivity contribution >= 4 is 21.8 Å². The van der Waals surface area contributed by atoms with Gasteiger partial charge >= 0.3 is 0 Å². The maximum absolute atomic E-state index is 12.2. The van der Waals surface area contributed by atoms with E-state index in [2.05, 4.69) is 39.4 Å². The molecule has 1 N–H and O–H groups in total. The Balaban J connectivity index is 1.72. The third-order valence-electron chi connectivity index (χ3n) is 4.08. The van der Waals surface area contributed by atoms with Crippen molar-refractivity contribution in [1.29, 1.82) is 0 Å². The van der Waals surface area contributed by atoms with Gasteiger partial charge in [0, 0.05) is 10.0 Å². The quantitative estimate of drug-likeness (QED) is 0.877. The lowest BCUT2D eigenvalue weighted by Crippen LogP contribution is -2.26. The van der Waals surface area contributed by atoms with Gasteiger partial charge in [0.1, 0.15) is 0 Å². The van der Waals surface area contributed by atoms with Gasteiger partial charge in [0.25, 0.3) is 5.91 Å². The number of hydrogen-bond acceptors (Lipinski definition) is 1. The Morgan fingerprint density at radius 2 is 1.81 bits per heavy atom. The van der Waals surface area contributed by atoms with Crippen molar-refractivity contribution in [3.8, 4) is 0 Å². The number of fused-ring (bicyclic) bond motifs is 1. The molecule has 3 rings (SSSR count). The zero-order valence-electron chi connectivity index (χ0n) is 12.0. The van der Waals surface area contributed by atoms with E-state index in [-0.39, 0.29) is 11.9 Å². The fraction of sp³-hybridized carbons (Fsp3) is 0.278. The van der Waals surface area contributed by atoms with Crippen LogP contribution in [-0.2, 0) is 12.8 Å². The molecule has 0 aromatic heterocycles. The summed E-state index contributed by atoms with van der Waals surface area (Å²) in [6.07, 6.45) is 3.60. The average Bonchev–Trinajstić information content (AvgIpc) is 2.95. The largest absolute Gasteiger partial charge is 0.346 e. The minimum atomic E-state index is -0.0319. The molecule has 2 nitrogen and oxygen atoms in total. The molecule has 0 unspecified atom stereocenters. The van der Waals surface area contributed by atoms with Crippen LogP contribution in [0, 0.1) is 0 Å². The second kappa shape index (κ2) is 6.02. The first-order chi connectivity index (χ1) is 10.1. The third kappa shape index (κ3) is 3.18. The molecule has 2 aromatic carbocycles. The highest BCUT2D eigenvalue weighted by atomic mass is 79.9. The van der Waals surface area contributed by atoms with Crippen LogP contribution >= 0.6 is 15.9 Å². The molecule has 1 aliphatic rings. The summed E-state index contributed by atoms with van der Waals surface area (Å²) in [5, 5.41) is 3.07. The molecule has 3 heteroatoms. The molecule has 0 saturated heterocycles. The maximum Gasteiger partial charge on any atom is 0.251 e. The molecule has 0 bridgehead atoms. The number of hydrogen-bond donors (Lipinski definition) is 1. The van der Waals surface area contributed by atoms with E-state index in [1.165, 1.54) is 29.5 Å². The van der Waals surface area contributed by atoms with E-state index in [0.29, 0.717) is 5.56 Å². The fourth-order valence-corrected chi connectivity index (χ4v) is 3.09. The van der Waals surface area contributed by atoms with Crippen molar-refractivity contribution in [2.24, 2.45) is 0 Å². The first-order valence-electron chi connectivity index (χ1n) is 7.31. The van der Waals surface area contributed by atoms with Crippen LogP contribution in [-0.4, -0.2) is 5.91 Å². The zero-order chi connectivity index (χ0) is 14.8. The van der Waals surface area contributed by atoms with Gasteiger partial charge in [0.05, 0.1) is 6.04 Å². The van der Waals surface area contributed by atoms with Crippen molar-refractivity contribution in [2.45, 2.75) is 32.2 Å². The topological polar surface area (TPSA) is 29.1 Å². The Morgan fingerprint density at radius 1 is 1.10 bits per heavy atom. The summed E-state index contributed by atoms with van der Waals surface area (Å²) < 4.78 is 0.978. The lowest BCUT2D eigenvalue weighted by Gasteiger charge is -2.15. The summed E-state index contributed by atoms with van der Waals surface area (Å²) in [6, 6.07) is 14.0. The third-order valence-corrected chi connectivity index (χ3v) is 4.61. The fourth-order valence-electron chi connectivity index (χ4n) is 2.83. The Labute approximate surface area is 133 Å². The van der Waals surface area contributed by atoms with Crippen molar-refractivity contribution in [2.75, 3.05) is 0 Å². The van der Waals surface area contributed by atoms with Gasteiger partial charge < -0.3 is 5.32 Å². The second-order valence-corrected chi connectivity index (χ2v) is 6.50. The number of benzene rings is 2. The minimum Gasteiger partial charge on any atom is -0.346 e. The molecular formula is C18H18BrNO. The lowest BCUT2D eigenvalue weighted by molar-refractivity contribution is 0.0940. The van der Waals surface area contributed by atoms with Crippen LogP contribution in [0.2, 0.25) is 0 Å². The highest BCUT2D eigenvalue weighted by molar-refractivity contribution is 9.10. The van der Waals surface area contributed by atoms with Crippen LogP contribution in [0.1, 0.15) is 46.4 Å². The average molecular weight is 344 g/mol. The predicted molar refractivity (Wildman–Crippen MR) is 88.5 cm³/mol. The molecule has 2 aromatic rings. The van der Waals surface area contributed by atoms with Crippen molar-refractivity contribution < 1.29 is 4.79 Å². The summed E-state index contributed by atoms with van der Waals surface area (Å²) in [7, 11) is 0. The van der Waals surface area contributed by atoms with E-state index in [1.54, 1.807) is 0 Å². The molecule has 0 radical (unpaired) electrons. The number of amides is 1. The smallest absolute Gasteiger partial charge is 0.251 e. The molecule has 0 aliphatic heterocycles. The van der Waals surface area contributed by atoms with Gasteiger partial charge in [-0.3, -0.25) is 4.79 Å². The van der Waals surface area contributed by atoms with Gasteiger partial charge in [0.2, 0.25) is 0 Å². The van der Waals surface area contributed by atoms with Gasteiger partial charge in [-0.1, -0.05) is 34.1 Å². The molecule has 108 valence electrons. The van der Waals surface area contributed by atoms with Gasteiger partial charge in [-0.15, -0.1) is 0 Å². The number of carbonyl (C=O) groups is 1. The molecule has 0 saturated carbocycles. The number of nitrogens with one attached hydrogen (secondary N) is 1. The predicted octanol–water partition coefficient (Wildman–Crippen LogP) is 4.43. The van der Waals surface area contributed by atoms with Crippen LogP contribution in [0.4, 0.5) is 0 Å². The summed E-state index contributed by atoms with van der Waals surface area (Å²) in [5.74, 6) is -0.0319. The highest BCUT2D eigenvalue weighted by Crippen LogP contribution is 2.25. The van der Waals surface area contributed by atoms with Gasteiger partial charge in [-0.2, -0.15) is 0 Å². The van der Waals surface area contributed by atoms with E-state index < -0.39 is 0 Å². The van der Waals surface area contributed by atoms with E-state index in [0.717, 1.165) is 10.9 Å². The lowest BCUT2D eigenvalue weighted by atomic mass is 10.0.